The van der Waals surface area contributed by atoms with Crippen molar-refractivity contribution in [1.82, 2.24) is 28.7 Å². The molecule has 0 aliphatic heterocycles. The number of fused-ring (bicyclic) bond motifs is 2. The molecule has 0 bridgehead atoms. The Morgan fingerprint density at radius 2 is 1.24 bits per heavy atom. The fourth-order valence-electron chi connectivity index (χ4n) is 5.53. The standard InChI is InChI=1S/2C20H14ClFN4O3/c1-25(14-6-2-12(21)3-7-14)19(28)17-18(29-16-8-4-13(22)5-9-16)24-20-23-10-15(27)11-26(17)20;1-25(14-6-2-12(21)3-7-14)19(28)17-18(29-15-8-4-13(22)5-9-15)24-20-23-11-10-16(27)26(17)20/h2-11,27H,1H3;2-11H,1H3,(H,23,24). The topological polar surface area (TPSA) is 160 Å². The number of hydrogen-bond donors (Lipinski definition) is 2. The molecule has 0 radical (unpaired) electrons. The molecule has 0 atom stereocenters. The normalized spacial score (nSPS) is 10.9. The summed E-state index contributed by atoms with van der Waals surface area (Å²) in [5, 5.41) is 10.9. The minimum absolute atomic E-state index is 0.0122. The number of aromatic amines is 1. The first-order valence-corrected chi connectivity index (χ1v) is 17.7. The number of hydrogen-bond acceptors (Lipinski definition) is 9. The fraction of sp³-hybridized carbons (Fsp3) is 0.0500. The van der Waals surface area contributed by atoms with Crippen molar-refractivity contribution >= 4 is 57.9 Å². The quantitative estimate of drug-likeness (QED) is 0.154. The van der Waals surface area contributed by atoms with Gasteiger partial charge in [0.15, 0.2) is 17.1 Å². The van der Waals surface area contributed by atoms with Crippen molar-refractivity contribution in [2.75, 3.05) is 23.9 Å². The van der Waals surface area contributed by atoms with E-state index in [1.165, 1.54) is 87.4 Å². The van der Waals surface area contributed by atoms with E-state index in [-0.39, 0.29) is 46.2 Å². The van der Waals surface area contributed by atoms with E-state index in [9.17, 15) is 28.3 Å². The van der Waals surface area contributed by atoms with Gasteiger partial charge in [-0.2, -0.15) is 4.98 Å². The van der Waals surface area contributed by atoms with Crippen molar-refractivity contribution in [3.63, 3.8) is 0 Å². The first kappa shape index (κ1) is 39.0. The zero-order valence-electron chi connectivity index (χ0n) is 30.2. The van der Waals surface area contributed by atoms with E-state index < -0.39 is 29.0 Å². The molecule has 4 aromatic heterocycles. The van der Waals surface area contributed by atoms with E-state index >= 15 is 0 Å². The molecule has 58 heavy (non-hydrogen) atoms. The van der Waals surface area contributed by atoms with Gasteiger partial charge in [-0.15, -0.1) is 0 Å². The van der Waals surface area contributed by atoms with Crippen molar-refractivity contribution in [1.29, 1.82) is 0 Å². The second-order valence-electron chi connectivity index (χ2n) is 12.3. The van der Waals surface area contributed by atoms with E-state index in [0.717, 1.165) is 4.40 Å². The maximum absolute atomic E-state index is 13.3. The molecule has 0 aliphatic carbocycles. The van der Waals surface area contributed by atoms with Crippen LogP contribution in [0.25, 0.3) is 11.6 Å². The highest BCUT2D eigenvalue weighted by atomic mass is 35.5. The zero-order chi connectivity index (χ0) is 41.1. The van der Waals surface area contributed by atoms with Gasteiger partial charge in [-0.3, -0.25) is 23.8 Å². The molecule has 0 aliphatic rings. The number of carbonyl (C=O) groups excluding carboxylic acids is 2. The number of nitrogens with zero attached hydrogens (tertiary/aromatic N) is 7. The van der Waals surface area contributed by atoms with Gasteiger partial charge in [0.1, 0.15) is 23.1 Å². The van der Waals surface area contributed by atoms with Gasteiger partial charge in [0.25, 0.3) is 23.3 Å². The minimum atomic E-state index is -0.509. The summed E-state index contributed by atoms with van der Waals surface area (Å²) in [5.74, 6) is -1.09. The van der Waals surface area contributed by atoms with Gasteiger partial charge in [-0.25, -0.2) is 23.1 Å². The predicted octanol–water partition coefficient (Wildman–Crippen LogP) is 8.18. The molecule has 4 aromatic carbocycles. The number of benzene rings is 4. The van der Waals surface area contributed by atoms with E-state index in [2.05, 4.69) is 19.9 Å². The van der Waals surface area contributed by atoms with Gasteiger partial charge in [0, 0.05) is 47.8 Å². The lowest BCUT2D eigenvalue weighted by atomic mass is 10.2. The SMILES string of the molecule is CN(C(=O)c1c(Oc2ccc(F)cc2)[nH]c2nccc(=O)n12)c1ccc(Cl)cc1.CN(C(=O)c1c(Oc2ccc(F)cc2)nc2ncc(O)cn12)c1ccc(Cl)cc1. The molecule has 4 heterocycles. The zero-order valence-corrected chi connectivity index (χ0v) is 31.7. The van der Waals surface area contributed by atoms with Crippen LogP contribution >= 0.6 is 23.2 Å². The Hall–Kier alpha value is -7.30. The summed E-state index contributed by atoms with van der Waals surface area (Å²) in [4.78, 5) is 56.9. The summed E-state index contributed by atoms with van der Waals surface area (Å²) in [5.41, 5.74) is 0.715. The lowest BCUT2D eigenvalue weighted by Gasteiger charge is -2.17. The third-order valence-corrected chi connectivity index (χ3v) is 8.95. The Morgan fingerprint density at radius 3 is 1.79 bits per heavy atom. The number of anilines is 2. The third kappa shape index (κ3) is 8.28. The number of ether oxygens (including phenoxy) is 2. The Kier molecular flexibility index (Phi) is 11.0. The summed E-state index contributed by atoms with van der Waals surface area (Å²) in [7, 11) is 3.15. The average molecular weight is 826 g/mol. The molecule has 2 amide bonds. The first-order valence-electron chi connectivity index (χ1n) is 17.0. The summed E-state index contributed by atoms with van der Waals surface area (Å²) in [6, 6.07) is 25.2. The maximum Gasteiger partial charge on any atom is 0.280 e. The monoisotopic (exact) mass is 824 g/mol. The van der Waals surface area contributed by atoms with Crippen LogP contribution in [-0.2, 0) is 0 Å². The fourth-order valence-corrected chi connectivity index (χ4v) is 5.78. The van der Waals surface area contributed by atoms with Gasteiger partial charge in [0.05, 0.1) is 12.4 Å². The number of aromatic nitrogens is 6. The number of carbonyl (C=O) groups is 2. The highest BCUT2D eigenvalue weighted by Gasteiger charge is 2.28. The van der Waals surface area contributed by atoms with Crippen LogP contribution in [0.4, 0.5) is 20.2 Å². The van der Waals surface area contributed by atoms with Crippen molar-refractivity contribution in [2.24, 2.45) is 0 Å². The molecule has 18 heteroatoms. The van der Waals surface area contributed by atoms with Crippen molar-refractivity contribution < 1.29 is 33.0 Å². The summed E-state index contributed by atoms with van der Waals surface area (Å²) in [6.45, 7) is 0. The Morgan fingerprint density at radius 1 is 0.724 bits per heavy atom. The third-order valence-electron chi connectivity index (χ3n) is 8.45. The number of aromatic hydroxyl groups is 1. The molecule has 0 unspecified atom stereocenters. The maximum atomic E-state index is 13.3. The molecular formula is C40H28Cl2F2N8O6. The lowest BCUT2D eigenvalue weighted by Crippen LogP contribution is -2.30. The second-order valence-corrected chi connectivity index (χ2v) is 13.2. The van der Waals surface area contributed by atoms with E-state index in [0.29, 0.717) is 27.2 Å². The van der Waals surface area contributed by atoms with Crippen LogP contribution < -0.4 is 24.8 Å². The number of halogens is 4. The Labute approximate surface area is 336 Å². The summed E-state index contributed by atoms with van der Waals surface area (Å²) in [6.07, 6.45) is 3.85. The Bertz CT molecular complexity index is 2830. The van der Waals surface area contributed by atoms with Crippen LogP contribution in [-0.4, -0.2) is 59.8 Å². The van der Waals surface area contributed by atoms with Gasteiger partial charge >= 0.3 is 0 Å². The van der Waals surface area contributed by atoms with E-state index in [4.69, 9.17) is 32.7 Å². The number of imidazole rings is 2. The number of amides is 2. The van der Waals surface area contributed by atoms with Crippen LogP contribution in [0.1, 0.15) is 21.0 Å². The predicted molar refractivity (Wildman–Crippen MR) is 212 cm³/mol. The van der Waals surface area contributed by atoms with E-state index in [1.807, 2.05) is 0 Å². The van der Waals surface area contributed by atoms with Gasteiger partial charge in [-0.1, -0.05) is 23.2 Å². The molecule has 0 saturated heterocycles. The second kappa shape index (κ2) is 16.4. The molecular weight excluding hydrogens is 797 g/mol. The molecule has 0 saturated carbocycles. The molecule has 0 spiro atoms. The van der Waals surface area contributed by atoms with Crippen molar-refractivity contribution in [2.45, 2.75) is 0 Å². The van der Waals surface area contributed by atoms with Gasteiger partial charge in [-0.05, 0) is 97.1 Å². The first-order chi connectivity index (χ1) is 27.9. The van der Waals surface area contributed by atoms with Crippen molar-refractivity contribution in [3.05, 3.63) is 165 Å². The number of H-pyrrole nitrogens is 1. The number of nitrogens with one attached hydrogen (secondary N) is 1. The molecule has 292 valence electrons. The molecule has 8 rings (SSSR count). The van der Waals surface area contributed by atoms with Gasteiger partial charge < -0.3 is 24.4 Å². The van der Waals surface area contributed by atoms with Gasteiger partial charge in [0.2, 0.25) is 17.4 Å². The summed E-state index contributed by atoms with van der Waals surface area (Å²) < 4.78 is 40.3. The molecule has 0 fully saturated rings. The van der Waals surface area contributed by atoms with Crippen LogP contribution in [0.3, 0.4) is 0 Å². The number of rotatable bonds is 8. The van der Waals surface area contributed by atoms with Crippen LogP contribution in [0.15, 0.2) is 127 Å². The van der Waals surface area contributed by atoms with Crippen molar-refractivity contribution in [3.8, 4) is 29.0 Å². The van der Waals surface area contributed by atoms with Crippen LogP contribution in [0, 0.1) is 11.6 Å². The molecule has 2 N–H and O–H groups in total. The van der Waals surface area contributed by atoms with E-state index in [1.54, 1.807) is 62.6 Å². The molecule has 14 nitrogen and oxygen atoms in total. The Balaban J connectivity index is 0.000000177. The lowest BCUT2D eigenvalue weighted by molar-refractivity contribution is 0.0976. The summed E-state index contributed by atoms with van der Waals surface area (Å²) >= 11 is 11.8. The van der Waals surface area contributed by atoms with Crippen LogP contribution in [0.5, 0.6) is 29.0 Å². The molecule has 8 aromatic rings. The average Bonchev–Trinajstić information content (AvgIpc) is 3.77. The highest BCUT2D eigenvalue weighted by Crippen LogP contribution is 2.30. The van der Waals surface area contributed by atoms with Crippen LogP contribution in [0.2, 0.25) is 10.0 Å². The largest absolute Gasteiger partial charge is 0.505 e. The smallest absolute Gasteiger partial charge is 0.280 e. The highest BCUT2D eigenvalue weighted by molar-refractivity contribution is 6.31. The minimum Gasteiger partial charge on any atom is -0.505 e.